The predicted molar refractivity (Wildman–Crippen MR) is 94.4 cm³/mol. The van der Waals surface area contributed by atoms with Crippen LogP contribution >= 0.6 is 0 Å². The summed E-state index contributed by atoms with van der Waals surface area (Å²) in [5.74, 6) is 3.24. The van der Waals surface area contributed by atoms with Crippen LogP contribution in [0.4, 0.5) is 0 Å². The van der Waals surface area contributed by atoms with Gasteiger partial charge in [0.1, 0.15) is 0 Å². The minimum absolute atomic E-state index is 0.388. The molecular weight excluding hydrogens is 256 g/mol. The third-order valence-electron chi connectivity index (χ3n) is 5.31. The Hall–Kier alpha value is -0.0800. The van der Waals surface area contributed by atoms with E-state index in [1.807, 2.05) is 0 Å². The molecule has 1 saturated carbocycles. The molecule has 0 radical (unpaired) electrons. The van der Waals surface area contributed by atoms with Crippen molar-refractivity contribution >= 4 is 0 Å². The van der Waals surface area contributed by atoms with Crippen LogP contribution in [0.2, 0.25) is 0 Å². The minimum Gasteiger partial charge on any atom is -0.326 e. The Kier molecular flexibility index (Phi) is 8.26. The fourth-order valence-electron chi connectivity index (χ4n) is 3.52. The zero-order valence-electron chi connectivity index (χ0n) is 15.4. The van der Waals surface area contributed by atoms with E-state index < -0.39 is 0 Å². The van der Waals surface area contributed by atoms with Crippen LogP contribution in [0.3, 0.4) is 0 Å². The SMILES string of the molecule is CC(C)CCN(CCC(C)C)C1CC(C(C)C)CCC1N. The van der Waals surface area contributed by atoms with Crippen LogP contribution < -0.4 is 5.73 Å². The molecule has 1 fully saturated rings. The van der Waals surface area contributed by atoms with Crippen molar-refractivity contribution in [1.29, 1.82) is 0 Å². The zero-order chi connectivity index (χ0) is 16.0. The Labute approximate surface area is 133 Å². The summed E-state index contributed by atoms with van der Waals surface area (Å²) in [7, 11) is 0. The maximum atomic E-state index is 6.51. The molecule has 2 heteroatoms. The van der Waals surface area contributed by atoms with Crippen molar-refractivity contribution in [2.24, 2.45) is 29.4 Å². The molecule has 0 aromatic rings. The molecule has 0 bridgehead atoms. The van der Waals surface area contributed by atoms with Gasteiger partial charge in [-0.25, -0.2) is 0 Å². The van der Waals surface area contributed by atoms with Crippen molar-refractivity contribution in [1.82, 2.24) is 4.90 Å². The highest BCUT2D eigenvalue weighted by molar-refractivity contribution is 4.90. The summed E-state index contributed by atoms with van der Waals surface area (Å²) in [6, 6.07) is 1.00. The van der Waals surface area contributed by atoms with E-state index in [1.165, 1.54) is 45.2 Å². The number of nitrogens with zero attached hydrogens (tertiary/aromatic N) is 1. The van der Waals surface area contributed by atoms with E-state index in [2.05, 4.69) is 46.4 Å². The van der Waals surface area contributed by atoms with Crippen molar-refractivity contribution in [3.05, 3.63) is 0 Å². The number of rotatable bonds is 8. The monoisotopic (exact) mass is 296 g/mol. The van der Waals surface area contributed by atoms with Crippen LogP contribution in [-0.2, 0) is 0 Å². The van der Waals surface area contributed by atoms with Gasteiger partial charge in [-0.1, -0.05) is 41.5 Å². The van der Waals surface area contributed by atoms with Crippen LogP contribution in [0, 0.1) is 23.7 Å². The number of hydrogen-bond acceptors (Lipinski definition) is 2. The zero-order valence-corrected chi connectivity index (χ0v) is 15.4. The van der Waals surface area contributed by atoms with Crippen molar-refractivity contribution in [3.63, 3.8) is 0 Å². The van der Waals surface area contributed by atoms with Crippen molar-refractivity contribution in [3.8, 4) is 0 Å². The summed E-state index contributed by atoms with van der Waals surface area (Å²) in [5.41, 5.74) is 6.51. The molecule has 0 saturated heterocycles. The lowest BCUT2D eigenvalue weighted by Gasteiger charge is -2.43. The molecule has 3 atom stereocenters. The third-order valence-corrected chi connectivity index (χ3v) is 5.31. The van der Waals surface area contributed by atoms with Gasteiger partial charge in [0, 0.05) is 12.1 Å². The summed E-state index contributed by atoms with van der Waals surface area (Å²) in [5, 5.41) is 0. The van der Waals surface area contributed by atoms with Gasteiger partial charge in [0.25, 0.3) is 0 Å². The molecule has 126 valence electrons. The smallest absolute Gasteiger partial charge is 0.0249 e. The topological polar surface area (TPSA) is 29.3 Å². The average molecular weight is 297 g/mol. The first-order valence-electron chi connectivity index (χ1n) is 9.30. The average Bonchev–Trinajstić information content (AvgIpc) is 2.39. The van der Waals surface area contributed by atoms with Gasteiger partial charge in [-0.15, -0.1) is 0 Å². The Morgan fingerprint density at radius 2 is 1.43 bits per heavy atom. The van der Waals surface area contributed by atoms with E-state index in [1.54, 1.807) is 0 Å². The molecule has 0 amide bonds. The highest BCUT2D eigenvalue weighted by Gasteiger charge is 2.33. The first-order chi connectivity index (χ1) is 9.81. The van der Waals surface area contributed by atoms with Gasteiger partial charge in [-0.05, 0) is 68.9 Å². The first kappa shape index (κ1) is 19.0. The Bertz CT molecular complexity index is 261. The summed E-state index contributed by atoms with van der Waals surface area (Å²) < 4.78 is 0. The summed E-state index contributed by atoms with van der Waals surface area (Å²) in [6.45, 7) is 16.5. The van der Waals surface area contributed by atoms with E-state index in [9.17, 15) is 0 Å². The van der Waals surface area contributed by atoms with E-state index in [-0.39, 0.29) is 0 Å². The number of hydrogen-bond donors (Lipinski definition) is 1. The molecule has 0 aromatic heterocycles. The molecule has 2 nitrogen and oxygen atoms in total. The molecule has 0 heterocycles. The maximum absolute atomic E-state index is 6.51. The quantitative estimate of drug-likeness (QED) is 0.713. The van der Waals surface area contributed by atoms with Gasteiger partial charge >= 0.3 is 0 Å². The summed E-state index contributed by atoms with van der Waals surface area (Å²) in [4.78, 5) is 2.74. The van der Waals surface area contributed by atoms with Gasteiger partial charge in [0.05, 0.1) is 0 Å². The molecule has 21 heavy (non-hydrogen) atoms. The van der Waals surface area contributed by atoms with Crippen LogP contribution in [0.15, 0.2) is 0 Å². The molecule has 0 aliphatic heterocycles. The van der Waals surface area contributed by atoms with E-state index in [0.717, 1.165) is 23.7 Å². The fraction of sp³-hybridized carbons (Fsp3) is 1.00. The Morgan fingerprint density at radius 3 is 1.86 bits per heavy atom. The van der Waals surface area contributed by atoms with Gasteiger partial charge < -0.3 is 5.73 Å². The second kappa shape index (κ2) is 9.15. The first-order valence-corrected chi connectivity index (χ1v) is 9.30. The van der Waals surface area contributed by atoms with Crippen LogP contribution in [0.1, 0.15) is 73.6 Å². The maximum Gasteiger partial charge on any atom is 0.0249 e. The molecule has 1 aliphatic rings. The van der Waals surface area contributed by atoms with Crippen LogP contribution in [0.5, 0.6) is 0 Å². The third kappa shape index (κ3) is 6.69. The number of nitrogens with two attached hydrogens (primary N) is 1. The van der Waals surface area contributed by atoms with Crippen molar-refractivity contribution in [2.45, 2.75) is 85.7 Å². The molecule has 1 aliphatic carbocycles. The lowest BCUT2D eigenvalue weighted by Crippen LogP contribution is -2.52. The van der Waals surface area contributed by atoms with Crippen LogP contribution in [-0.4, -0.2) is 30.1 Å². The van der Waals surface area contributed by atoms with E-state index >= 15 is 0 Å². The van der Waals surface area contributed by atoms with Gasteiger partial charge in [0.2, 0.25) is 0 Å². The fourth-order valence-corrected chi connectivity index (χ4v) is 3.52. The van der Waals surface area contributed by atoms with E-state index in [0.29, 0.717) is 12.1 Å². The molecule has 0 aromatic carbocycles. The van der Waals surface area contributed by atoms with Crippen molar-refractivity contribution < 1.29 is 0 Å². The summed E-state index contributed by atoms with van der Waals surface area (Å²) >= 11 is 0. The summed E-state index contributed by atoms with van der Waals surface area (Å²) in [6.07, 6.45) is 6.46. The normalized spacial score (nSPS) is 27.3. The van der Waals surface area contributed by atoms with Crippen LogP contribution in [0.25, 0.3) is 0 Å². The lowest BCUT2D eigenvalue weighted by molar-refractivity contribution is 0.0882. The van der Waals surface area contributed by atoms with E-state index in [4.69, 9.17) is 5.73 Å². The molecule has 1 rings (SSSR count). The largest absolute Gasteiger partial charge is 0.326 e. The minimum atomic E-state index is 0.388. The Morgan fingerprint density at radius 1 is 0.905 bits per heavy atom. The van der Waals surface area contributed by atoms with Gasteiger partial charge in [-0.2, -0.15) is 0 Å². The van der Waals surface area contributed by atoms with Crippen molar-refractivity contribution in [2.75, 3.05) is 13.1 Å². The highest BCUT2D eigenvalue weighted by atomic mass is 15.2. The molecular formula is C19H40N2. The highest BCUT2D eigenvalue weighted by Crippen LogP contribution is 2.32. The predicted octanol–water partition coefficient (Wildman–Crippen LogP) is 4.53. The molecule has 3 unspecified atom stereocenters. The standard InChI is InChI=1S/C19H40N2/c1-14(2)9-11-21(12-10-15(3)4)19-13-17(16(5)6)7-8-18(19)20/h14-19H,7-13,20H2,1-6H3. The molecule has 2 N–H and O–H groups in total. The lowest BCUT2D eigenvalue weighted by atomic mass is 9.76. The second-order valence-electron chi connectivity index (χ2n) is 8.45. The Balaban J connectivity index is 2.67. The van der Waals surface area contributed by atoms with Gasteiger partial charge in [-0.3, -0.25) is 4.90 Å². The van der Waals surface area contributed by atoms with Gasteiger partial charge in [0.15, 0.2) is 0 Å². The molecule has 0 spiro atoms. The second-order valence-corrected chi connectivity index (χ2v) is 8.45.